The topological polar surface area (TPSA) is 75.4 Å². The summed E-state index contributed by atoms with van der Waals surface area (Å²) in [4.78, 5) is 31.0. The first kappa shape index (κ1) is 14.8. The molecule has 0 aromatic carbocycles. The minimum Gasteiger partial charge on any atom is -0.443 e. The van der Waals surface area contributed by atoms with Gasteiger partial charge in [0, 0.05) is 0 Å². The molecule has 1 N–H and O–H groups in total. The molecule has 1 aliphatic heterocycles. The van der Waals surface area contributed by atoms with Crippen LogP contribution in [0.4, 0.5) is 4.79 Å². The monoisotopic (exact) mass is 319 g/mol. The van der Waals surface area contributed by atoms with Crippen molar-refractivity contribution in [1.29, 1.82) is 0 Å². The van der Waals surface area contributed by atoms with Crippen LogP contribution in [0.25, 0.3) is 10.8 Å². The van der Waals surface area contributed by atoms with Crippen molar-refractivity contribution >= 4 is 23.3 Å². The van der Waals surface area contributed by atoms with E-state index < -0.39 is 5.54 Å². The highest BCUT2D eigenvalue weighted by Gasteiger charge is 2.47. The Balaban J connectivity index is 1.76. The van der Waals surface area contributed by atoms with Crippen LogP contribution in [-0.2, 0) is 11.3 Å². The van der Waals surface area contributed by atoms with E-state index >= 15 is 0 Å². The summed E-state index contributed by atoms with van der Waals surface area (Å²) in [5.41, 5.74) is -0.251. The molecule has 0 spiro atoms. The van der Waals surface area contributed by atoms with E-state index in [1.807, 2.05) is 24.4 Å². The molecule has 6 nitrogen and oxygen atoms in total. The zero-order chi connectivity index (χ0) is 15.7. The Labute approximate surface area is 132 Å². The van der Waals surface area contributed by atoms with Gasteiger partial charge in [0.1, 0.15) is 11.8 Å². The van der Waals surface area contributed by atoms with Crippen LogP contribution in [0.15, 0.2) is 28.2 Å². The van der Waals surface area contributed by atoms with Crippen molar-refractivity contribution in [2.45, 2.75) is 38.8 Å². The molecule has 0 radical (unpaired) electrons. The largest absolute Gasteiger partial charge is 0.443 e. The van der Waals surface area contributed by atoms with Crippen molar-refractivity contribution in [2.24, 2.45) is 0 Å². The van der Waals surface area contributed by atoms with Crippen LogP contribution < -0.4 is 5.32 Å². The highest BCUT2D eigenvalue weighted by atomic mass is 32.1. The van der Waals surface area contributed by atoms with Gasteiger partial charge in [0.15, 0.2) is 0 Å². The molecule has 7 heteroatoms. The van der Waals surface area contributed by atoms with Crippen molar-refractivity contribution in [3.63, 3.8) is 0 Å². The lowest BCUT2D eigenvalue weighted by Crippen LogP contribution is -2.43. The summed E-state index contributed by atoms with van der Waals surface area (Å²) in [6, 6.07) is 3.45. The Morgan fingerprint density at radius 1 is 1.45 bits per heavy atom. The Hall–Kier alpha value is -2.15. The third-order valence-electron chi connectivity index (χ3n) is 3.70. The molecule has 22 heavy (non-hydrogen) atoms. The zero-order valence-corrected chi connectivity index (χ0v) is 13.3. The average Bonchev–Trinajstić information content (AvgIpc) is 3.17. The van der Waals surface area contributed by atoms with Crippen molar-refractivity contribution in [3.05, 3.63) is 29.5 Å². The number of rotatable bonds is 5. The van der Waals surface area contributed by atoms with Gasteiger partial charge in [-0.15, -0.1) is 11.3 Å². The van der Waals surface area contributed by atoms with E-state index in [2.05, 4.69) is 10.3 Å². The number of hydrogen-bond donors (Lipinski definition) is 1. The molecule has 0 unspecified atom stereocenters. The Morgan fingerprint density at radius 2 is 2.27 bits per heavy atom. The third-order valence-corrected chi connectivity index (χ3v) is 4.56. The van der Waals surface area contributed by atoms with Gasteiger partial charge in [-0.25, -0.2) is 9.78 Å². The molecule has 2 aromatic heterocycles. The first-order chi connectivity index (χ1) is 10.5. The Morgan fingerprint density at radius 3 is 2.95 bits per heavy atom. The lowest BCUT2D eigenvalue weighted by Gasteiger charge is -2.20. The molecule has 0 aliphatic carbocycles. The quantitative estimate of drug-likeness (QED) is 0.860. The molecule has 3 rings (SSSR count). The summed E-state index contributed by atoms with van der Waals surface area (Å²) >= 11 is 1.52. The number of aromatic nitrogens is 1. The van der Waals surface area contributed by atoms with Crippen molar-refractivity contribution in [1.82, 2.24) is 15.2 Å². The average molecular weight is 319 g/mol. The summed E-state index contributed by atoms with van der Waals surface area (Å²) in [7, 11) is 0. The summed E-state index contributed by atoms with van der Waals surface area (Å²) in [5, 5.41) is 4.70. The predicted octanol–water partition coefficient (Wildman–Crippen LogP) is 3.01. The van der Waals surface area contributed by atoms with Crippen LogP contribution in [0.3, 0.4) is 0 Å². The molecule has 0 bridgehead atoms. The number of hydrogen-bond acceptors (Lipinski definition) is 5. The number of amides is 3. The predicted molar refractivity (Wildman–Crippen MR) is 82.2 cm³/mol. The van der Waals surface area contributed by atoms with Crippen molar-refractivity contribution in [3.8, 4) is 10.8 Å². The van der Waals surface area contributed by atoms with Crippen LogP contribution in [0.1, 0.15) is 32.4 Å². The molecule has 0 saturated carbocycles. The van der Waals surface area contributed by atoms with Gasteiger partial charge in [-0.3, -0.25) is 9.69 Å². The molecule has 116 valence electrons. The van der Waals surface area contributed by atoms with E-state index in [0.717, 1.165) is 11.3 Å². The lowest BCUT2D eigenvalue weighted by molar-refractivity contribution is -0.131. The highest BCUT2D eigenvalue weighted by molar-refractivity contribution is 7.13. The summed E-state index contributed by atoms with van der Waals surface area (Å²) in [5.74, 6) is 0.299. The highest BCUT2D eigenvalue weighted by Crippen LogP contribution is 2.26. The zero-order valence-electron chi connectivity index (χ0n) is 12.5. The second-order valence-corrected chi connectivity index (χ2v) is 6.47. The first-order valence-electron chi connectivity index (χ1n) is 7.16. The van der Waals surface area contributed by atoms with Gasteiger partial charge < -0.3 is 9.73 Å². The number of carbonyl (C=O) groups excluding carboxylic acids is 2. The van der Waals surface area contributed by atoms with Crippen LogP contribution in [0.2, 0.25) is 0 Å². The van der Waals surface area contributed by atoms with Gasteiger partial charge >= 0.3 is 6.03 Å². The minimum atomic E-state index is -0.813. The van der Waals surface area contributed by atoms with E-state index in [4.69, 9.17) is 4.42 Å². The fourth-order valence-electron chi connectivity index (χ4n) is 2.62. The molecule has 1 saturated heterocycles. The molecule has 1 fully saturated rings. The maximum absolute atomic E-state index is 12.5. The number of urea groups is 1. The van der Waals surface area contributed by atoms with Crippen LogP contribution >= 0.6 is 11.3 Å². The molecular formula is C15H17N3O3S. The van der Waals surface area contributed by atoms with Gasteiger partial charge in [0.05, 0.1) is 17.1 Å². The second-order valence-electron chi connectivity index (χ2n) is 5.52. The Bertz CT molecular complexity index is 695. The van der Waals surface area contributed by atoms with Gasteiger partial charge in [-0.05, 0) is 24.8 Å². The second kappa shape index (κ2) is 5.57. The summed E-state index contributed by atoms with van der Waals surface area (Å²) < 4.78 is 5.42. The van der Waals surface area contributed by atoms with Gasteiger partial charge in [0.2, 0.25) is 5.89 Å². The fraction of sp³-hybridized carbons (Fsp3) is 0.400. The molecule has 2 aromatic rings. The number of thiophene rings is 1. The first-order valence-corrected chi connectivity index (χ1v) is 8.04. The third kappa shape index (κ3) is 2.52. The van der Waals surface area contributed by atoms with Gasteiger partial charge in [0.25, 0.3) is 5.91 Å². The molecular weight excluding hydrogens is 302 g/mol. The van der Waals surface area contributed by atoms with Crippen molar-refractivity contribution < 1.29 is 14.0 Å². The normalized spacial score (nSPS) is 21.5. The van der Waals surface area contributed by atoms with E-state index in [9.17, 15) is 9.59 Å². The standard InChI is InChI=1S/C15H17N3O3S/c1-3-6-15(2)13(19)18(14(20)17-15)8-10-9-21-12(16-10)11-5-4-7-22-11/h4-5,7,9H,3,6,8H2,1-2H3,(H,17,20)/t15-/m0/s1. The number of imide groups is 1. The van der Waals surface area contributed by atoms with Gasteiger partial charge in [-0.1, -0.05) is 19.4 Å². The fourth-order valence-corrected chi connectivity index (χ4v) is 3.27. The van der Waals surface area contributed by atoms with Crippen molar-refractivity contribution in [2.75, 3.05) is 0 Å². The number of carbonyl (C=O) groups is 2. The smallest absolute Gasteiger partial charge is 0.325 e. The lowest BCUT2D eigenvalue weighted by atomic mass is 9.96. The summed E-state index contributed by atoms with van der Waals surface area (Å²) in [6.07, 6.45) is 2.93. The van der Waals surface area contributed by atoms with Crippen LogP contribution in [0.5, 0.6) is 0 Å². The van der Waals surface area contributed by atoms with Crippen LogP contribution in [0, 0.1) is 0 Å². The van der Waals surface area contributed by atoms with E-state index in [-0.39, 0.29) is 18.5 Å². The maximum Gasteiger partial charge on any atom is 0.325 e. The number of nitrogens with one attached hydrogen (secondary N) is 1. The number of oxazole rings is 1. The molecule has 3 amide bonds. The molecule has 1 atom stereocenters. The number of nitrogens with zero attached hydrogens (tertiary/aromatic N) is 2. The molecule has 3 heterocycles. The van der Waals surface area contributed by atoms with E-state index in [1.54, 1.807) is 6.92 Å². The minimum absolute atomic E-state index is 0.124. The summed E-state index contributed by atoms with van der Waals surface area (Å²) in [6.45, 7) is 3.87. The van der Waals surface area contributed by atoms with Gasteiger partial charge in [-0.2, -0.15) is 0 Å². The maximum atomic E-state index is 12.5. The van der Waals surface area contributed by atoms with E-state index in [0.29, 0.717) is 18.0 Å². The Kier molecular flexibility index (Phi) is 3.74. The van der Waals surface area contributed by atoms with Crippen LogP contribution in [-0.4, -0.2) is 27.4 Å². The SMILES string of the molecule is CCC[C@]1(C)NC(=O)N(Cc2coc(-c3cccs3)n2)C1=O. The van der Waals surface area contributed by atoms with E-state index in [1.165, 1.54) is 22.5 Å². The molecule has 1 aliphatic rings.